The van der Waals surface area contributed by atoms with E-state index in [4.69, 9.17) is 14.6 Å². The molecule has 0 aromatic carbocycles. The van der Waals surface area contributed by atoms with Crippen molar-refractivity contribution in [1.29, 1.82) is 0 Å². The van der Waals surface area contributed by atoms with Gasteiger partial charge in [0.25, 0.3) is 0 Å². The largest absolute Gasteiger partial charge is 0.490 e. The molecule has 1 fully saturated rings. The molecule has 2 heterocycles. The summed E-state index contributed by atoms with van der Waals surface area (Å²) in [4.78, 5) is 16.0. The number of aliphatic hydroxyl groups excluding tert-OH is 1. The van der Waals surface area contributed by atoms with Crippen LogP contribution in [0, 0.1) is 11.8 Å². The molecule has 0 unspecified atom stereocenters. The molecule has 0 atom stereocenters. The summed E-state index contributed by atoms with van der Waals surface area (Å²) in [5, 5.41) is 8.87. The molecule has 0 aliphatic heterocycles. The first-order chi connectivity index (χ1) is 11.7. The number of esters is 1. The Morgan fingerprint density at radius 2 is 2.17 bits per heavy atom. The summed E-state index contributed by atoms with van der Waals surface area (Å²) >= 11 is 0. The van der Waals surface area contributed by atoms with E-state index in [9.17, 15) is 4.79 Å². The van der Waals surface area contributed by atoms with Gasteiger partial charge < -0.3 is 19.1 Å². The highest BCUT2D eigenvalue weighted by Crippen LogP contribution is 2.31. The normalized spacial score (nSPS) is 20.9. The van der Waals surface area contributed by atoms with Crippen LogP contribution in [-0.4, -0.2) is 41.0 Å². The van der Waals surface area contributed by atoms with Crippen molar-refractivity contribution in [2.75, 3.05) is 20.3 Å². The number of carbonyl (C=O) groups is 1. The minimum atomic E-state index is -0.0743. The molecule has 6 heteroatoms. The van der Waals surface area contributed by atoms with E-state index in [1.807, 2.05) is 12.1 Å². The van der Waals surface area contributed by atoms with E-state index >= 15 is 0 Å². The van der Waals surface area contributed by atoms with Crippen LogP contribution in [0.5, 0.6) is 5.75 Å². The number of fused-ring (bicyclic) bond motifs is 1. The van der Waals surface area contributed by atoms with E-state index in [0.717, 1.165) is 43.3 Å². The Bertz CT molecular complexity index is 689. The van der Waals surface area contributed by atoms with Crippen molar-refractivity contribution in [2.24, 2.45) is 11.8 Å². The molecule has 1 N–H and O–H groups in total. The summed E-state index contributed by atoms with van der Waals surface area (Å²) in [5.41, 5.74) is 1.98. The average Bonchev–Trinajstić information content (AvgIpc) is 3.02. The molecule has 1 aliphatic rings. The molecule has 2 aromatic rings. The lowest BCUT2D eigenvalue weighted by atomic mass is 9.82. The van der Waals surface area contributed by atoms with Crippen LogP contribution >= 0.6 is 0 Å². The predicted octanol–water partition coefficient (Wildman–Crippen LogP) is 2.39. The molecule has 130 valence electrons. The van der Waals surface area contributed by atoms with Crippen LogP contribution in [0.15, 0.2) is 24.5 Å². The van der Waals surface area contributed by atoms with Crippen molar-refractivity contribution in [3.63, 3.8) is 0 Å². The standard InChI is InChI=1S/C18H24N2O4/c1-23-18(22)14-4-2-13(3-5-14)12-20-7-6-16-17(20)10-15(11-19-16)24-9-8-21/h6-7,10-11,13-14,21H,2-5,8-9,12H2,1H3/t13-,14-. The van der Waals surface area contributed by atoms with Crippen LogP contribution in [0.25, 0.3) is 11.0 Å². The summed E-state index contributed by atoms with van der Waals surface area (Å²) < 4.78 is 12.5. The maximum absolute atomic E-state index is 11.6. The first kappa shape index (κ1) is 16.8. The lowest BCUT2D eigenvalue weighted by Crippen LogP contribution is -2.24. The van der Waals surface area contributed by atoms with Gasteiger partial charge in [-0.05, 0) is 37.7 Å². The molecule has 6 nitrogen and oxygen atoms in total. The lowest BCUT2D eigenvalue weighted by Gasteiger charge is -2.27. The van der Waals surface area contributed by atoms with Gasteiger partial charge in [0.15, 0.2) is 0 Å². The fourth-order valence-corrected chi connectivity index (χ4v) is 3.47. The van der Waals surface area contributed by atoms with Crippen molar-refractivity contribution in [3.05, 3.63) is 24.5 Å². The number of hydrogen-bond acceptors (Lipinski definition) is 5. The Balaban J connectivity index is 1.66. The molecule has 0 spiro atoms. The van der Waals surface area contributed by atoms with E-state index < -0.39 is 0 Å². The van der Waals surface area contributed by atoms with Gasteiger partial charge in [-0.15, -0.1) is 0 Å². The van der Waals surface area contributed by atoms with Gasteiger partial charge in [0.05, 0.1) is 36.9 Å². The minimum Gasteiger partial charge on any atom is -0.490 e. The summed E-state index contributed by atoms with van der Waals surface area (Å²) in [6.45, 7) is 1.18. The highest BCUT2D eigenvalue weighted by Gasteiger charge is 2.27. The molecular weight excluding hydrogens is 308 g/mol. The fourth-order valence-electron chi connectivity index (χ4n) is 3.47. The van der Waals surface area contributed by atoms with Gasteiger partial charge in [-0.2, -0.15) is 0 Å². The van der Waals surface area contributed by atoms with E-state index in [-0.39, 0.29) is 25.1 Å². The molecule has 1 saturated carbocycles. The zero-order valence-electron chi connectivity index (χ0n) is 14.0. The number of ether oxygens (including phenoxy) is 2. The summed E-state index contributed by atoms with van der Waals surface area (Å²) in [6.07, 6.45) is 7.62. The van der Waals surface area contributed by atoms with Crippen molar-refractivity contribution in [3.8, 4) is 5.75 Å². The molecule has 24 heavy (non-hydrogen) atoms. The molecule has 0 bridgehead atoms. The zero-order chi connectivity index (χ0) is 16.9. The second kappa shape index (κ2) is 7.66. The molecule has 0 radical (unpaired) electrons. The summed E-state index contributed by atoms with van der Waals surface area (Å²) in [7, 11) is 1.46. The monoisotopic (exact) mass is 332 g/mol. The smallest absolute Gasteiger partial charge is 0.308 e. The van der Waals surface area contributed by atoms with Crippen LogP contribution in [0.1, 0.15) is 25.7 Å². The lowest BCUT2D eigenvalue weighted by molar-refractivity contribution is -0.146. The second-order valence-corrected chi connectivity index (χ2v) is 6.36. The second-order valence-electron chi connectivity index (χ2n) is 6.36. The van der Waals surface area contributed by atoms with Crippen LogP contribution in [0.4, 0.5) is 0 Å². The number of nitrogens with zero attached hydrogens (tertiary/aromatic N) is 2. The Morgan fingerprint density at radius 1 is 1.38 bits per heavy atom. The number of hydrogen-bond donors (Lipinski definition) is 1. The van der Waals surface area contributed by atoms with Gasteiger partial charge in [0.1, 0.15) is 12.4 Å². The molecular formula is C18H24N2O4. The molecule has 2 aromatic heterocycles. The van der Waals surface area contributed by atoms with Crippen LogP contribution < -0.4 is 4.74 Å². The zero-order valence-corrected chi connectivity index (χ0v) is 14.0. The van der Waals surface area contributed by atoms with Gasteiger partial charge in [0, 0.05) is 18.8 Å². The Labute approximate surface area is 141 Å². The average molecular weight is 332 g/mol. The molecule has 3 rings (SSSR count). The Kier molecular flexibility index (Phi) is 5.35. The maximum atomic E-state index is 11.6. The van der Waals surface area contributed by atoms with E-state index in [1.165, 1.54) is 7.11 Å². The van der Waals surface area contributed by atoms with E-state index in [0.29, 0.717) is 11.7 Å². The highest BCUT2D eigenvalue weighted by molar-refractivity contribution is 5.77. The van der Waals surface area contributed by atoms with Crippen LogP contribution in [-0.2, 0) is 16.1 Å². The van der Waals surface area contributed by atoms with Crippen molar-refractivity contribution >= 4 is 17.0 Å². The number of carbonyl (C=O) groups excluding carboxylic acids is 1. The Morgan fingerprint density at radius 3 is 2.88 bits per heavy atom. The third-order valence-corrected chi connectivity index (χ3v) is 4.79. The first-order valence-electron chi connectivity index (χ1n) is 8.47. The molecule has 0 saturated heterocycles. The number of methoxy groups -OCH3 is 1. The van der Waals surface area contributed by atoms with Gasteiger partial charge in [-0.25, -0.2) is 0 Å². The van der Waals surface area contributed by atoms with Gasteiger partial charge >= 0.3 is 5.97 Å². The van der Waals surface area contributed by atoms with E-state index in [1.54, 1.807) is 6.20 Å². The van der Waals surface area contributed by atoms with Gasteiger partial charge in [-0.3, -0.25) is 9.78 Å². The number of aromatic nitrogens is 2. The number of rotatable bonds is 6. The van der Waals surface area contributed by atoms with Crippen molar-refractivity contribution in [1.82, 2.24) is 9.55 Å². The van der Waals surface area contributed by atoms with Crippen LogP contribution in [0.2, 0.25) is 0 Å². The van der Waals surface area contributed by atoms with E-state index in [2.05, 4.69) is 15.7 Å². The van der Waals surface area contributed by atoms with Gasteiger partial charge in [-0.1, -0.05) is 0 Å². The van der Waals surface area contributed by atoms with Gasteiger partial charge in [0.2, 0.25) is 0 Å². The third-order valence-electron chi connectivity index (χ3n) is 4.79. The number of aliphatic hydroxyl groups is 1. The predicted molar refractivity (Wildman–Crippen MR) is 89.8 cm³/mol. The molecule has 0 amide bonds. The van der Waals surface area contributed by atoms with Crippen LogP contribution in [0.3, 0.4) is 0 Å². The quantitative estimate of drug-likeness (QED) is 0.822. The first-order valence-corrected chi connectivity index (χ1v) is 8.47. The number of pyridine rings is 1. The minimum absolute atomic E-state index is 0.0114. The fraction of sp³-hybridized carbons (Fsp3) is 0.556. The summed E-state index contributed by atoms with van der Waals surface area (Å²) in [6, 6.07) is 3.98. The SMILES string of the molecule is COC(=O)[C@H]1CC[C@H](Cn2ccc3ncc(OCCO)cc32)CC1. The summed E-state index contributed by atoms with van der Waals surface area (Å²) in [5.74, 6) is 1.22. The Hall–Kier alpha value is -2.08. The van der Waals surface area contributed by atoms with Crippen molar-refractivity contribution < 1.29 is 19.4 Å². The molecule has 1 aliphatic carbocycles. The maximum Gasteiger partial charge on any atom is 0.308 e. The highest BCUT2D eigenvalue weighted by atomic mass is 16.5. The third kappa shape index (κ3) is 3.70. The van der Waals surface area contributed by atoms with Crippen molar-refractivity contribution in [2.45, 2.75) is 32.2 Å². The topological polar surface area (TPSA) is 73.6 Å².